The molecule has 1 fully saturated rings. The second kappa shape index (κ2) is 9.96. The van der Waals surface area contributed by atoms with Crippen LogP contribution in [0.15, 0.2) is 12.7 Å². The first kappa shape index (κ1) is 27.8. The molecule has 0 aliphatic carbocycles. The van der Waals surface area contributed by atoms with Crippen molar-refractivity contribution in [1.82, 2.24) is 19.5 Å². The lowest BCUT2D eigenvalue weighted by atomic mass is 10.2. The summed E-state index contributed by atoms with van der Waals surface area (Å²) in [5.74, 6) is 0.0565. The Bertz CT molecular complexity index is 1200. The third kappa shape index (κ3) is 5.80. The van der Waals surface area contributed by atoms with E-state index < -0.39 is 52.8 Å². The molecule has 0 saturated carbocycles. The molecule has 1 aliphatic rings. The number of phosphoric acid groups is 3. The average molecular weight is 588 g/mol. The molecule has 3 unspecified atom stereocenters. The molecule has 3 rings (SSSR count). The van der Waals surface area contributed by atoms with E-state index in [2.05, 4.69) is 37.1 Å². The second-order valence-corrected chi connectivity index (χ2v) is 12.9. The highest BCUT2D eigenvalue weighted by atomic mass is 35.5. The third-order valence-corrected chi connectivity index (χ3v) is 9.74. The molecule has 0 amide bonds. The maximum atomic E-state index is 12.2. The fourth-order valence-corrected chi connectivity index (χ4v) is 7.03. The first-order chi connectivity index (χ1) is 15.6. The fraction of sp³-hybridized carbons (Fsp3) is 0.583. The van der Waals surface area contributed by atoms with Gasteiger partial charge in [-0.3, -0.25) is 18.1 Å². The second-order valence-electron chi connectivity index (χ2n) is 6.44. The summed E-state index contributed by atoms with van der Waals surface area (Å²) in [7, 11) is -13.9. The monoisotopic (exact) mass is 587 g/mol. The van der Waals surface area contributed by atoms with Gasteiger partial charge in [-0.25, -0.2) is 28.6 Å². The summed E-state index contributed by atoms with van der Waals surface area (Å²) in [6.45, 7) is -0.888. The highest BCUT2D eigenvalue weighted by Crippen LogP contribution is 2.70. The van der Waals surface area contributed by atoms with Gasteiger partial charge >= 0.3 is 23.5 Å². The van der Waals surface area contributed by atoms with Gasteiger partial charge in [-0.2, -0.15) is 8.62 Å². The minimum Gasteiger partial charge on any atom is -0.387 e. The molecular formula is C12H18Cl2N5O12P3. The molecule has 192 valence electrons. The number of nitrogens with zero attached hydrogens (tertiary/aromatic N) is 4. The summed E-state index contributed by atoms with van der Waals surface area (Å²) in [5, 5.41) is 10.5. The predicted molar refractivity (Wildman–Crippen MR) is 113 cm³/mol. The molecule has 2 aromatic heterocycles. The number of aliphatic hydroxyl groups excluding tert-OH is 1. The van der Waals surface area contributed by atoms with E-state index in [1.807, 2.05) is 0 Å². The van der Waals surface area contributed by atoms with Crippen molar-refractivity contribution in [1.29, 1.82) is 0 Å². The number of rotatable bonds is 10. The van der Waals surface area contributed by atoms with Gasteiger partial charge in [-0.15, -0.1) is 0 Å². The number of alkyl halides is 2. The maximum Gasteiger partial charge on any atom is 0.492 e. The topological polar surface area (TPSA) is 237 Å². The van der Waals surface area contributed by atoms with E-state index in [1.54, 1.807) is 0 Å². The van der Waals surface area contributed by atoms with Gasteiger partial charge in [-0.05, 0) is 0 Å². The molecule has 0 aromatic carbocycles. The first-order valence-corrected chi connectivity index (χ1v) is 13.9. The number of halogens is 2. The van der Waals surface area contributed by atoms with E-state index in [9.17, 15) is 28.6 Å². The zero-order valence-electron chi connectivity index (χ0n) is 17.1. The molecule has 3 heterocycles. The third-order valence-electron chi connectivity index (χ3n) is 4.28. The van der Waals surface area contributed by atoms with Gasteiger partial charge in [0.15, 0.2) is 22.0 Å². The summed E-state index contributed by atoms with van der Waals surface area (Å²) in [6.07, 6.45) is -2.09. The number of aliphatic hydroxyl groups is 1. The summed E-state index contributed by atoms with van der Waals surface area (Å²) >= 11 is 12.5. The van der Waals surface area contributed by atoms with Gasteiger partial charge in [0, 0.05) is 14.2 Å². The van der Waals surface area contributed by atoms with Crippen LogP contribution in [-0.2, 0) is 40.6 Å². The van der Waals surface area contributed by atoms with Crippen molar-refractivity contribution in [3.05, 3.63) is 12.7 Å². The Hall–Kier alpha value is -0.740. The normalized spacial score (nSPS) is 27.8. The standard InChI is InChI=1S/C12H18Cl2N5O12P3/c1-26-32(21,22)30-34(25,27-2)31-33(23,24)28-3-6-8(20)12(13,14)11(29-6)19-5-18-7-9(15)16-4-17-10(7)19/h4-6,8,11,20H,3H2,1-2H3,(H,21,22)(H,23,24)(H2,15,16,17)/t6-,8-,11-,34?/m1/s1. The lowest BCUT2D eigenvalue weighted by Crippen LogP contribution is -2.37. The Morgan fingerprint density at radius 3 is 2.41 bits per heavy atom. The van der Waals surface area contributed by atoms with Crippen LogP contribution in [0.5, 0.6) is 0 Å². The molecule has 1 aliphatic heterocycles. The number of anilines is 1. The predicted octanol–water partition coefficient (Wildman–Crippen LogP) is 1.49. The minimum absolute atomic E-state index is 0.0565. The highest BCUT2D eigenvalue weighted by molar-refractivity contribution is 7.67. The average Bonchev–Trinajstić information content (AvgIpc) is 3.26. The van der Waals surface area contributed by atoms with Crippen LogP contribution in [0.25, 0.3) is 11.2 Å². The Morgan fingerprint density at radius 1 is 1.15 bits per heavy atom. The van der Waals surface area contributed by atoms with Gasteiger partial charge in [0.2, 0.25) is 0 Å². The van der Waals surface area contributed by atoms with E-state index in [4.69, 9.17) is 33.7 Å². The molecule has 17 nitrogen and oxygen atoms in total. The number of nitrogens with two attached hydrogens (primary N) is 1. The van der Waals surface area contributed by atoms with Crippen molar-refractivity contribution in [2.24, 2.45) is 0 Å². The summed E-state index contributed by atoms with van der Waals surface area (Å²) < 4.78 is 62.1. The van der Waals surface area contributed by atoms with Gasteiger partial charge in [-0.1, -0.05) is 23.2 Å². The van der Waals surface area contributed by atoms with Crippen LogP contribution in [0.1, 0.15) is 6.23 Å². The van der Waals surface area contributed by atoms with Crippen molar-refractivity contribution in [2.45, 2.75) is 22.8 Å². The zero-order valence-corrected chi connectivity index (χ0v) is 21.3. The van der Waals surface area contributed by atoms with Crippen LogP contribution in [0.2, 0.25) is 0 Å². The summed E-state index contributed by atoms with van der Waals surface area (Å²) in [5.41, 5.74) is 6.10. The summed E-state index contributed by atoms with van der Waals surface area (Å²) in [6, 6.07) is 0. The number of fused-ring (bicyclic) bond motifs is 1. The van der Waals surface area contributed by atoms with Gasteiger partial charge in [0.05, 0.1) is 12.9 Å². The summed E-state index contributed by atoms with van der Waals surface area (Å²) in [4.78, 5) is 31.0. The molecule has 0 bridgehead atoms. The Balaban J connectivity index is 1.75. The van der Waals surface area contributed by atoms with Crippen LogP contribution in [0.4, 0.5) is 5.82 Å². The Morgan fingerprint density at radius 2 is 1.79 bits per heavy atom. The number of ether oxygens (including phenoxy) is 1. The van der Waals surface area contributed by atoms with Crippen LogP contribution in [0, 0.1) is 0 Å². The number of aromatic nitrogens is 4. The Labute approximate surface area is 200 Å². The van der Waals surface area contributed by atoms with Gasteiger partial charge < -0.3 is 25.4 Å². The SMILES string of the molecule is COP(=O)(O)OP(=O)(OC)OP(=O)(O)OC[C@H]1O[C@@H](n2cnc3c(N)ncnc32)C(Cl)(Cl)[C@@H]1O. The molecule has 0 radical (unpaired) electrons. The van der Waals surface area contributed by atoms with Crippen molar-refractivity contribution in [2.75, 3.05) is 26.6 Å². The van der Waals surface area contributed by atoms with E-state index >= 15 is 0 Å². The number of hydrogen-bond acceptors (Lipinski definition) is 14. The highest BCUT2D eigenvalue weighted by Gasteiger charge is 2.56. The molecule has 6 atom stereocenters. The molecule has 5 N–H and O–H groups in total. The van der Waals surface area contributed by atoms with Crippen molar-refractivity contribution < 1.29 is 55.5 Å². The fourth-order valence-electron chi connectivity index (χ4n) is 2.71. The smallest absolute Gasteiger partial charge is 0.387 e. The molecular weight excluding hydrogens is 570 g/mol. The first-order valence-electron chi connectivity index (χ1n) is 8.73. The quantitative estimate of drug-likeness (QED) is 0.227. The number of phosphoric ester groups is 2. The van der Waals surface area contributed by atoms with E-state index in [-0.39, 0.29) is 17.0 Å². The van der Waals surface area contributed by atoms with E-state index in [0.717, 1.165) is 13.4 Å². The van der Waals surface area contributed by atoms with E-state index in [1.165, 1.54) is 10.9 Å². The molecule has 1 saturated heterocycles. The number of nitrogen functional groups attached to an aromatic ring is 1. The maximum absolute atomic E-state index is 12.2. The number of imidazole rings is 1. The van der Waals surface area contributed by atoms with Crippen LogP contribution in [0.3, 0.4) is 0 Å². The van der Waals surface area contributed by atoms with Crippen LogP contribution >= 0.6 is 46.7 Å². The van der Waals surface area contributed by atoms with E-state index in [0.29, 0.717) is 7.11 Å². The zero-order chi connectivity index (χ0) is 25.5. The van der Waals surface area contributed by atoms with Crippen molar-refractivity contribution >= 4 is 63.7 Å². The lowest BCUT2D eigenvalue weighted by molar-refractivity contribution is -0.0426. The molecule has 22 heteroatoms. The molecule has 34 heavy (non-hydrogen) atoms. The van der Waals surface area contributed by atoms with Crippen molar-refractivity contribution in [3.8, 4) is 0 Å². The largest absolute Gasteiger partial charge is 0.492 e. The Kier molecular flexibility index (Phi) is 8.16. The number of hydrogen-bond donors (Lipinski definition) is 4. The molecule has 2 aromatic rings. The van der Waals surface area contributed by atoms with Crippen molar-refractivity contribution in [3.63, 3.8) is 0 Å². The van der Waals surface area contributed by atoms with Gasteiger partial charge in [0.25, 0.3) is 0 Å². The van der Waals surface area contributed by atoms with Gasteiger partial charge in [0.1, 0.15) is 24.1 Å². The van der Waals surface area contributed by atoms with Crippen LogP contribution in [-0.4, -0.2) is 71.8 Å². The van der Waals surface area contributed by atoms with Crippen LogP contribution < -0.4 is 5.73 Å². The lowest BCUT2D eigenvalue weighted by Gasteiger charge is -2.23. The molecule has 0 spiro atoms. The minimum atomic E-state index is -5.31.